The summed E-state index contributed by atoms with van der Waals surface area (Å²) < 4.78 is 11.9. The van der Waals surface area contributed by atoms with E-state index >= 15 is 0 Å². The number of ether oxygens (including phenoxy) is 2. The molecule has 1 aliphatic rings. The van der Waals surface area contributed by atoms with Gasteiger partial charge in [-0.1, -0.05) is 84.8 Å². The van der Waals surface area contributed by atoms with Crippen LogP contribution in [0.5, 0.6) is 11.5 Å². The number of fused-ring (bicyclic) bond motifs is 1. The van der Waals surface area contributed by atoms with Crippen molar-refractivity contribution in [1.29, 1.82) is 0 Å². The third kappa shape index (κ3) is 6.27. The Kier molecular flexibility index (Phi) is 8.42. The summed E-state index contributed by atoms with van der Waals surface area (Å²) in [4.78, 5) is 0. The lowest BCUT2D eigenvalue weighted by Crippen LogP contribution is -2.20. The number of aliphatic hydroxyl groups is 1. The smallest absolute Gasteiger partial charge is 0.150 e. The van der Waals surface area contributed by atoms with Crippen molar-refractivity contribution >= 4 is 0 Å². The van der Waals surface area contributed by atoms with Crippen molar-refractivity contribution in [3.8, 4) is 35.2 Å². The fraction of sp³-hybridized carbons (Fsp3) is 0.200. The van der Waals surface area contributed by atoms with Crippen LogP contribution in [0.4, 0.5) is 0 Å². The van der Waals surface area contributed by atoms with E-state index in [1.165, 1.54) is 27.8 Å². The quantitative estimate of drug-likeness (QED) is 0.296. The van der Waals surface area contributed by atoms with Crippen LogP contribution in [0.1, 0.15) is 46.1 Å². The minimum absolute atomic E-state index is 0.187. The molecular weight excluding hydrogens is 468 g/mol. The molecule has 5 rings (SSSR count). The summed E-state index contributed by atoms with van der Waals surface area (Å²) in [5, 5.41) is 8.69. The first-order valence-corrected chi connectivity index (χ1v) is 13.0. The average Bonchev–Trinajstić information content (AvgIpc) is 2.98. The lowest BCUT2D eigenvalue weighted by atomic mass is 9.69. The monoisotopic (exact) mass is 498 g/mol. The highest BCUT2D eigenvalue weighted by Gasteiger charge is 2.32. The molecule has 0 saturated heterocycles. The van der Waals surface area contributed by atoms with Gasteiger partial charge in [-0.05, 0) is 88.6 Å². The molecule has 0 aliphatic heterocycles. The Balaban J connectivity index is 1.38. The molecule has 0 saturated carbocycles. The Hall–Kier alpha value is -4.44. The molecule has 0 amide bonds. The SMILES string of the molecule is OCC#CC#CCOc1ccc([C@@H]2c3ccc(OCc4ccccc4)cc3CCC2c2ccccc2)cc1. The van der Waals surface area contributed by atoms with E-state index in [9.17, 15) is 0 Å². The topological polar surface area (TPSA) is 38.7 Å². The van der Waals surface area contributed by atoms with Crippen LogP contribution in [0.2, 0.25) is 0 Å². The molecule has 1 aliphatic carbocycles. The van der Waals surface area contributed by atoms with E-state index in [0.717, 1.165) is 24.3 Å². The van der Waals surface area contributed by atoms with Gasteiger partial charge in [0.15, 0.2) is 0 Å². The van der Waals surface area contributed by atoms with Crippen molar-refractivity contribution in [2.24, 2.45) is 0 Å². The summed E-state index contributed by atoms with van der Waals surface area (Å²) in [6.07, 6.45) is 2.10. The van der Waals surface area contributed by atoms with Crippen LogP contribution < -0.4 is 9.47 Å². The van der Waals surface area contributed by atoms with Gasteiger partial charge in [0.1, 0.15) is 31.3 Å². The van der Waals surface area contributed by atoms with Gasteiger partial charge in [-0.3, -0.25) is 0 Å². The van der Waals surface area contributed by atoms with Gasteiger partial charge in [0.05, 0.1) is 0 Å². The molecule has 4 aromatic carbocycles. The minimum Gasteiger partial charge on any atom is -0.489 e. The van der Waals surface area contributed by atoms with E-state index < -0.39 is 0 Å². The van der Waals surface area contributed by atoms with Gasteiger partial charge in [0.25, 0.3) is 0 Å². The van der Waals surface area contributed by atoms with Gasteiger partial charge >= 0.3 is 0 Å². The lowest BCUT2D eigenvalue weighted by molar-refractivity contribution is 0.305. The first-order chi connectivity index (χ1) is 18.8. The Labute approximate surface area is 225 Å². The number of hydrogen-bond donors (Lipinski definition) is 1. The highest BCUT2D eigenvalue weighted by Crippen LogP contribution is 2.47. The van der Waals surface area contributed by atoms with E-state index in [1.54, 1.807) is 0 Å². The molecule has 0 bridgehead atoms. The first-order valence-electron chi connectivity index (χ1n) is 13.0. The maximum absolute atomic E-state index is 8.69. The maximum Gasteiger partial charge on any atom is 0.150 e. The molecule has 0 heterocycles. The predicted octanol–water partition coefficient (Wildman–Crippen LogP) is 6.51. The Morgan fingerprint density at radius 3 is 2.18 bits per heavy atom. The number of aliphatic hydroxyl groups excluding tert-OH is 1. The highest BCUT2D eigenvalue weighted by molar-refractivity contribution is 5.48. The molecular formula is C35H30O3. The van der Waals surface area contributed by atoms with Crippen LogP contribution in [0.25, 0.3) is 0 Å². The standard InChI is InChI=1S/C35H30O3/c36-23-9-1-2-10-24-37-31-18-15-29(16-19-31)35-33(28-13-7-4-8-14-28)21-17-30-25-32(20-22-34(30)35)38-26-27-11-5-3-6-12-27/h3-8,11-16,18-20,22,25,33,35-36H,17,21,23-24,26H2/t33?,35-/m0/s1. The van der Waals surface area contributed by atoms with E-state index in [1.807, 2.05) is 30.3 Å². The van der Waals surface area contributed by atoms with Crippen LogP contribution in [0.3, 0.4) is 0 Å². The van der Waals surface area contributed by atoms with Crippen molar-refractivity contribution in [2.45, 2.75) is 31.3 Å². The van der Waals surface area contributed by atoms with Gasteiger partial charge in [-0.25, -0.2) is 0 Å². The zero-order chi connectivity index (χ0) is 26.0. The molecule has 38 heavy (non-hydrogen) atoms. The molecule has 3 nitrogen and oxygen atoms in total. The number of aryl methyl sites for hydroxylation is 1. The largest absolute Gasteiger partial charge is 0.489 e. The lowest BCUT2D eigenvalue weighted by Gasteiger charge is -2.35. The molecule has 0 aromatic heterocycles. The van der Waals surface area contributed by atoms with Crippen LogP contribution in [-0.2, 0) is 13.0 Å². The molecule has 0 fully saturated rings. The van der Waals surface area contributed by atoms with Gasteiger partial charge in [-0.2, -0.15) is 0 Å². The normalized spacial score (nSPS) is 15.7. The van der Waals surface area contributed by atoms with E-state index in [4.69, 9.17) is 14.6 Å². The van der Waals surface area contributed by atoms with E-state index in [-0.39, 0.29) is 19.1 Å². The Bertz CT molecular complexity index is 1450. The molecule has 0 radical (unpaired) electrons. The zero-order valence-corrected chi connectivity index (χ0v) is 21.3. The summed E-state index contributed by atoms with van der Waals surface area (Å²) in [5.74, 6) is 12.9. The maximum atomic E-state index is 8.69. The van der Waals surface area contributed by atoms with Gasteiger partial charge in [-0.15, -0.1) is 0 Å². The van der Waals surface area contributed by atoms with E-state index in [2.05, 4.69) is 96.5 Å². The molecule has 1 N–H and O–H groups in total. The van der Waals surface area contributed by atoms with Crippen LogP contribution in [0, 0.1) is 23.7 Å². The summed E-state index contributed by atoms with van der Waals surface area (Å²) in [6, 6.07) is 36.1. The van der Waals surface area contributed by atoms with Crippen molar-refractivity contribution < 1.29 is 14.6 Å². The summed E-state index contributed by atoms with van der Waals surface area (Å²) >= 11 is 0. The van der Waals surface area contributed by atoms with Crippen molar-refractivity contribution in [3.05, 3.63) is 131 Å². The number of rotatable bonds is 7. The molecule has 2 atom stereocenters. The number of hydrogen-bond acceptors (Lipinski definition) is 3. The Morgan fingerprint density at radius 2 is 1.42 bits per heavy atom. The molecule has 0 spiro atoms. The van der Waals surface area contributed by atoms with Crippen LogP contribution in [-0.4, -0.2) is 18.3 Å². The third-order valence-corrected chi connectivity index (χ3v) is 6.92. The molecule has 188 valence electrons. The van der Waals surface area contributed by atoms with Crippen LogP contribution in [0.15, 0.2) is 103 Å². The molecule has 1 unspecified atom stereocenters. The Morgan fingerprint density at radius 1 is 0.711 bits per heavy atom. The van der Waals surface area contributed by atoms with Gasteiger partial charge < -0.3 is 14.6 Å². The second-order valence-electron chi connectivity index (χ2n) is 9.29. The predicted molar refractivity (Wildman–Crippen MR) is 151 cm³/mol. The van der Waals surface area contributed by atoms with Crippen molar-refractivity contribution in [1.82, 2.24) is 0 Å². The van der Waals surface area contributed by atoms with Gasteiger partial charge in [0, 0.05) is 5.92 Å². The fourth-order valence-electron chi connectivity index (χ4n) is 5.15. The first kappa shape index (κ1) is 25.2. The minimum atomic E-state index is -0.187. The van der Waals surface area contributed by atoms with Crippen LogP contribution >= 0.6 is 0 Å². The average molecular weight is 499 g/mol. The zero-order valence-electron chi connectivity index (χ0n) is 21.3. The molecule has 3 heteroatoms. The van der Waals surface area contributed by atoms with Gasteiger partial charge in [0.2, 0.25) is 0 Å². The number of benzene rings is 4. The second kappa shape index (κ2) is 12.7. The van der Waals surface area contributed by atoms with Crippen molar-refractivity contribution in [2.75, 3.05) is 13.2 Å². The molecule has 4 aromatic rings. The van der Waals surface area contributed by atoms with E-state index in [0.29, 0.717) is 12.5 Å². The van der Waals surface area contributed by atoms with Crippen molar-refractivity contribution in [3.63, 3.8) is 0 Å². The summed E-state index contributed by atoms with van der Waals surface area (Å²) in [6.45, 7) is 0.632. The fourth-order valence-corrected chi connectivity index (χ4v) is 5.15. The third-order valence-electron chi connectivity index (χ3n) is 6.92. The summed E-state index contributed by atoms with van der Waals surface area (Å²) in [5.41, 5.74) is 6.52. The summed E-state index contributed by atoms with van der Waals surface area (Å²) in [7, 11) is 0. The second-order valence-corrected chi connectivity index (χ2v) is 9.29. The highest BCUT2D eigenvalue weighted by atomic mass is 16.5.